The number of rotatable bonds is 3. The van der Waals surface area contributed by atoms with Crippen LogP contribution in [0.15, 0.2) is 97.1 Å². The largest absolute Gasteiger partial charge is 0.377 e. The number of nitrogens with zero attached hydrogens (tertiary/aromatic N) is 1. The third-order valence-electron chi connectivity index (χ3n) is 6.26. The van der Waals surface area contributed by atoms with Crippen molar-refractivity contribution in [3.63, 3.8) is 0 Å². The Bertz CT molecular complexity index is 1130. The van der Waals surface area contributed by atoms with Gasteiger partial charge >= 0.3 is 0 Å². The summed E-state index contributed by atoms with van der Waals surface area (Å²) in [7, 11) is 4.26. The fraction of sp³-hybridized carbons (Fsp3) is 0.143. The Kier molecular flexibility index (Phi) is 4.06. The Hall–Kier alpha value is -3.32. The van der Waals surface area contributed by atoms with Crippen molar-refractivity contribution in [1.82, 2.24) is 0 Å². The van der Waals surface area contributed by atoms with Crippen molar-refractivity contribution in [1.29, 1.82) is 0 Å². The molecule has 0 atom stereocenters. The lowest BCUT2D eigenvalue weighted by molar-refractivity contribution is 0.767. The van der Waals surface area contributed by atoms with Gasteiger partial charge in [-0.2, -0.15) is 0 Å². The zero-order valence-electron chi connectivity index (χ0n) is 17.2. The van der Waals surface area contributed by atoms with Gasteiger partial charge in [0.2, 0.25) is 0 Å². The first-order valence-corrected chi connectivity index (χ1v) is 10.2. The molecule has 0 heterocycles. The molecule has 1 heteroatoms. The summed E-state index contributed by atoms with van der Waals surface area (Å²) in [6, 6.07) is 35.6. The minimum absolute atomic E-state index is 0.313. The highest BCUT2D eigenvalue weighted by Gasteiger charge is 2.46. The van der Waals surface area contributed by atoms with Crippen LogP contribution in [0.4, 0.5) is 5.69 Å². The van der Waals surface area contributed by atoms with Crippen LogP contribution in [0, 0.1) is 6.92 Å². The van der Waals surface area contributed by atoms with Gasteiger partial charge in [0.15, 0.2) is 0 Å². The van der Waals surface area contributed by atoms with E-state index in [4.69, 9.17) is 0 Å². The van der Waals surface area contributed by atoms with Gasteiger partial charge in [0.05, 0.1) is 5.41 Å². The first-order chi connectivity index (χ1) is 14.1. The molecule has 0 unspecified atom stereocenters. The average molecular weight is 376 g/mol. The molecule has 1 nitrogen and oxygen atoms in total. The summed E-state index contributed by atoms with van der Waals surface area (Å²) < 4.78 is 0. The zero-order valence-corrected chi connectivity index (χ0v) is 17.2. The fourth-order valence-corrected chi connectivity index (χ4v) is 5.07. The van der Waals surface area contributed by atoms with Gasteiger partial charge in [0, 0.05) is 19.8 Å². The van der Waals surface area contributed by atoms with Gasteiger partial charge in [0.25, 0.3) is 0 Å². The van der Waals surface area contributed by atoms with E-state index < -0.39 is 0 Å². The molecule has 5 rings (SSSR count). The summed E-state index contributed by atoms with van der Waals surface area (Å²) in [5.74, 6) is 0. The fourth-order valence-electron chi connectivity index (χ4n) is 5.07. The van der Waals surface area contributed by atoms with E-state index in [-0.39, 0.29) is 5.41 Å². The van der Waals surface area contributed by atoms with Gasteiger partial charge in [-0.1, -0.05) is 84.9 Å². The molecule has 0 N–H and O–H groups in total. The summed E-state index contributed by atoms with van der Waals surface area (Å²) in [5.41, 5.74) is 10.3. The molecule has 0 fully saturated rings. The Morgan fingerprint density at radius 3 is 1.72 bits per heavy atom. The number of anilines is 1. The number of aryl methyl sites for hydroxylation is 1. The van der Waals surface area contributed by atoms with Gasteiger partial charge in [-0.15, -0.1) is 0 Å². The van der Waals surface area contributed by atoms with Crippen molar-refractivity contribution in [3.8, 4) is 11.1 Å². The smallest absolute Gasteiger partial charge is 0.0714 e. The third kappa shape index (κ3) is 2.47. The van der Waals surface area contributed by atoms with Crippen LogP contribution in [0.3, 0.4) is 0 Å². The molecule has 0 saturated carbocycles. The van der Waals surface area contributed by atoms with Crippen LogP contribution in [-0.4, -0.2) is 14.1 Å². The SMILES string of the molecule is Cc1cc2c(cc1N(C)C)C(c1ccccc1)(c1ccccc1)c1ccccc1-2. The second-order valence-corrected chi connectivity index (χ2v) is 8.11. The summed E-state index contributed by atoms with van der Waals surface area (Å²) in [6.07, 6.45) is 0. The van der Waals surface area contributed by atoms with E-state index in [9.17, 15) is 0 Å². The zero-order chi connectivity index (χ0) is 20.0. The van der Waals surface area contributed by atoms with Crippen LogP contribution in [-0.2, 0) is 5.41 Å². The molecule has 0 radical (unpaired) electrons. The Morgan fingerprint density at radius 1 is 0.586 bits per heavy atom. The van der Waals surface area contributed by atoms with E-state index in [0.29, 0.717) is 0 Å². The maximum absolute atomic E-state index is 2.41. The van der Waals surface area contributed by atoms with Gasteiger partial charge in [-0.3, -0.25) is 0 Å². The van der Waals surface area contributed by atoms with Gasteiger partial charge in [-0.05, 0) is 58.0 Å². The number of fused-ring (bicyclic) bond motifs is 3. The normalized spacial score (nSPS) is 13.6. The molecule has 0 bridgehead atoms. The Balaban J connectivity index is 1.98. The minimum Gasteiger partial charge on any atom is -0.377 e. The molecule has 0 spiro atoms. The van der Waals surface area contributed by atoms with Gasteiger partial charge in [0.1, 0.15) is 0 Å². The number of hydrogen-bond acceptors (Lipinski definition) is 1. The molecular formula is C28H25N. The van der Waals surface area contributed by atoms with Crippen molar-refractivity contribution < 1.29 is 0 Å². The quantitative estimate of drug-likeness (QED) is 0.351. The predicted octanol–water partition coefficient (Wildman–Crippen LogP) is 6.42. The van der Waals surface area contributed by atoms with Crippen LogP contribution in [0.2, 0.25) is 0 Å². The highest BCUT2D eigenvalue weighted by Crippen LogP contribution is 2.56. The molecule has 0 amide bonds. The monoisotopic (exact) mass is 375 g/mol. The first kappa shape index (κ1) is 17.8. The first-order valence-electron chi connectivity index (χ1n) is 10.2. The molecule has 0 aromatic heterocycles. The van der Waals surface area contributed by atoms with Crippen LogP contribution in [0.25, 0.3) is 11.1 Å². The molecular weight excluding hydrogens is 350 g/mol. The van der Waals surface area contributed by atoms with Crippen LogP contribution < -0.4 is 4.90 Å². The maximum Gasteiger partial charge on any atom is 0.0714 e. The molecule has 29 heavy (non-hydrogen) atoms. The average Bonchev–Trinajstić information content (AvgIpc) is 3.04. The van der Waals surface area contributed by atoms with E-state index in [0.717, 1.165) is 0 Å². The molecule has 0 aliphatic heterocycles. The Labute approximate surface area is 173 Å². The predicted molar refractivity (Wildman–Crippen MR) is 123 cm³/mol. The summed E-state index contributed by atoms with van der Waals surface area (Å²) in [4.78, 5) is 2.22. The summed E-state index contributed by atoms with van der Waals surface area (Å²) >= 11 is 0. The van der Waals surface area contributed by atoms with E-state index in [1.807, 2.05) is 0 Å². The lowest BCUT2D eigenvalue weighted by atomic mass is 9.67. The van der Waals surface area contributed by atoms with Crippen molar-refractivity contribution >= 4 is 5.69 Å². The van der Waals surface area contributed by atoms with E-state index in [1.165, 1.54) is 44.6 Å². The highest BCUT2D eigenvalue weighted by atomic mass is 15.1. The van der Waals surface area contributed by atoms with Gasteiger partial charge < -0.3 is 4.90 Å². The molecule has 4 aromatic rings. The maximum atomic E-state index is 2.41. The number of hydrogen-bond donors (Lipinski definition) is 0. The standard InChI is InChI=1S/C28H25N/c1-20-18-24-23-16-10-11-17-25(23)28(21-12-6-4-7-13-21,22-14-8-5-9-15-22)26(24)19-27(20)29(2)3/h4-19H,1-3H3. The van der Waals surface area contributed by atoms with E-state index in [2.05, 4.69) is 123 Å². The van der Waals surface area contributed by atoms with Crippen LogP contribution in [0.1, 0.15) is 27.8 Å². The number of benzene rings is 4. The second-order valence-electron chi connectivity index (χ2n) is 8.11. The lowest BCUT2D eigenvalue weighted by Crippen LogP contribution is -2.28. The Morgan fingerprint density at radius 2 is 1.14 bits per heavy atom. The summed E-state index contributed by atoms with van der Waals surface area (Å²) in [5, 5.41) is 0. The van der Waals surface area contributed by atoms with E-state index in [1.54, 1.807) is 0 Å². The molecule has 1 aliphatic carbocycles. The molecule has 0 saturated heterocycles. The summed E-state index contributed by atoms with van der Waals surface area (Å²) in [6.45, 7) is 2.21. The van der Waals surface area contributed by atoms with Crippen molar-refractivity contribution in [2.75, 3.05) is 19.0 Å². The second kappa shape index (κ2) is 6.63. The molecule has 142 valence electrons. The lowest BCUT2D eigenvalue weighted by Gasteiger charge is -2.34. The van der Waals surface area contributed by atoms with Crippen molar-refractivity contribution in [3.05, 3.63) is 125 Å². The minimum atomic E-state index is -0.313. The van der Waals surface area contributed by atoms with Crippen molar-refractivity contribution in [2.45, 2.75) is 12.3 Å². The molecule has 4 aromatic carbocycles. The van der Waals surface area contributed by atoms with Gasteiger partial charge in [-0.25, -0.2) is 0 Å². The topological polar surface area (TPSA) is 3.24 Å². The van der Waals surface area contributed by atoms with Crippen LogP contribution in [0.5, 0.6) is 0 Å². The molecule has 1 aliphatic rings. The van der Waals surface area contributed by atoms with Crippen LogP contribution >= 0.6 is 0 Å². The van der Waals surface area contributed by atoms with Crippen molar-refractivity contribution in [2.24, 2.45) is 0 Å². The van der Waals surface area contributed by atoms with E-state index >= 15 is 0 Å². The highest BCUT2D eigenvalue weighted by molar-refractivity contribution is 5.88. The third-order valence-corrected chi connectivity index (χ3v) is 6.26.